The molecular weight excluding hydrogens is 215 g/mol. The Labute approximate surface area is 81.8 Å². The number of aromatic nitrogens is 1. The van der Waals surface area contributed by atoms with E-state index in [9.17, 15) is 18.0 Å². The molecule has 0 saturated heterocycles. The van der Waals surface area contributed by atoms with E-state index in [1.54, 1.807) is 0 Å². The number of nitrogens with one attached hydrogen (secondary N) is 1. The van der Waals surface area contributed by atoms with Crippen molar-refractivity contribution >= 4 is 5.69 Å². The number of rotatable bonds is 2. The predicted molar refractivity (Wildman–Crippen MR) is 46.0 cm³/mol. The lowest BCUT2D eigenvalue weighted by atomic mass is 10.2. The normalized spacial score (nSPS) is 11.5. The lowest BCUT2D eigenvalue weighted by Gasteiger charge is -2.12. The first kappa shape index (κ1) is 11.4. The van der Waals surface area contributed by atoms with Crippen molar-refractivity contribution in [2.45, 2.75) is 12.9 Å². The van der Waals surface area contributed by atoms with Crippen molar-refractivity contribution in [3.05, 3.63) is 22.1 Å². The van der Waals surface area contributed by atoms with E-state index in [1.807, 2.05) is 4.98 Å². The van der Waals surface area contributed by atoms with Crippen LogP contribution in [-0.4, -0.2) is 11.3 Å². The maximum Gasteiger partial charge on any atom is 0.573 e. The molecule has 1 aromatic rings. The zero-order valence-corrected chi connectivity index (χ0v) is 7.39. The summed E-state index contributed by atoms with van der Waals surface area (Å²) >= 11 is 0. The number of nitrogen functional groups attached to an aromatic ring is 1. The summed E-state index contributed by atoms with van der Waals surface area (Å²) in [5.74, 6) is -0.595. The van der Waals surface area contributed by atoms with Gasteiger partial charge in [0.25, 0.3) is 5.56 Å². The third-order valence-corrected chi connectivity index (χ3v) is 1.63. The van der Waals surface area contributed by atoms with Crippen molar-refractivity contribution in [1.82, 2.24) is 4.98 Å². The Hall–Kier alpha value is -1.70. The van der Waals surface area contributed by atoms with Gasteiger partial charge in [-0.05, 0) is 0 Å². The Morgan fingerprint density at radius 2 is 2.07 bits per heavy atom. The molecule has 1 rings (SSSR count). The number of nitrogens with two attached hydrogens (primary N) is 2. The molecule has 15 heavy (non-hydrogen) atoms. The van der Waals surface area contributed by atoms with Crippen LogP contribution in [0, 0.1) is 0 Å². The van der Waals surface area contributed by atoms with Crippen LogP contribution in [0.1, 0.15) is 5.56 Å². The molecule has 8 heteroatoms. The van der Waals surface area contributed by atoms with Crippen molar-refractivity contribution < 1.29 is 17.9 Å². The van der Waals surface area contributed by atoms with Gasteiger partial charge in [0.2, 0.25) is 0 Å². The first-order valence-corrected chi connectivity index (χ1v) is 3.81. The van der Waals surface area contributed by atoms with Crippen LogP contribution < -0.4 is 21.8 Å². The molecule has 0 aliphatic heterocycles. The first-order valence-electron chi connectivity index (χ1n) is 3.81. The van der Waals surface area contributed by atoms with Crippen LogP contribution in [0.4, 0.5) is 18.9 Å². The van der Waals surface area contributed by atoms with Gasteiger partial charge in [-0.3, -0.25) is 4.79 Å². The van der Waals surface area contributed by atoms with Crippen molar-refractivity contribution in [3.8, 4) is 5.75 Å². The summed E-state index contributed by atoms with van der Waals surface area (Å²) in [6.07, 6.45) is -4.08. The molecule has 1 aromatic heterocycles. The number of anilines is 1. The SMILES string of the molecule is NCc1c(OC(F)(F)F)c[nH]c(=O)c1N. The third-order valence-electron chi connectivity index (χ3n) is 1.63. The molecular formula is C7H8F3N3O2. The van der Waals surface area contributed by atoms with E-state index in [4.69, 9.17) is 11.5 Å². The molecule has 0 aliphatic carbocycles. The second kappa shape index (κ2) is 3.81. The van der Waals surface area contributed by atoms with Gasteiger partial charge >= 0.3 is 6.36 Å². The number of pyridine rings is 1. The van der Waals surface area contributed by atoms with Crippen LogP contribution >= 0.6 is 0 Å². The van der Waals surface area contributed by atoms with E-state index in [0.29, 0.717) is 0 Å². The molecule has 5 N–H and O–H groups in total. The fraction of sp³-hybridized carbons (Fsp3) is 0.286. The van der Waals surface area contributed by atoms with Gasteiger partial charge in [-0.1, -0.05) is 0 Å². The molecule has 0 bridgehead atoms. The Balaban J connectivity index is 3.20. The van der Waals surface area contributed by atoms with Gasteiger partial charge in [0.1, 0.15) is 5.69 Å². The van der Waals surface area contributed by atoms with E-state index in [-0.39, 0.29) is 17.8 Å². The van der Waals surface area contributed by atoms with Crippen molar-refractivity contribution in [1.29, 1.82) is 0 Å². The summed E-state index contributed by atoms with van der Waals surface area (Å²) in [5.41, 5.74) is 9.15. The topological polar surface area (TPSA) is 94.1 Å². The summed E-state index contributed by atoms with van der Waals surface area (Å²) in [5, 5.41) is 0. The second-order valence-electron chi connectivity index (χ2n) is 2.63. The summed E-state index contributed by atoms with van der Waals surface area (Å²) in [7, 11) is 0. The smallest absolute Gasteiger partial charge is 0.404 e. The quantitative estimate of drug-likeness (QED) is 0.672. The minimum atomic E-state index is -4.85. The number of hydrogen-bond acceptors (Lipinski definition) is 4. The van der Waals surface area contributed by atoms with E-state index < -0.39 is 17.7 Å². The van der Waals surface area contributed by atoms with Gasteiger partial charge in [0, 0.05) is 18.3 Å². The minimum absolute atomic E-state index is 0.170. The van der Waals surface area contributed by atoms with Crippen LogP contribution in [0.5, 0.6) is 5.75 Å². The Kier molecular flexibility index (Phi) is 2.89. The number of H-pyrrole nitrogens is 1. The monoisotopic (exact) mass is 223 g/mol. The molecule has 0 radical (unpaired) electrons. The molecule has 0 unspecified atom stereocenters. The lowest BCUT2D eigenvalue weighted by molar-refractivity contribution is -0.275. The van der Waals surface area contributed by atoms with Crippen LogP contribution in [-0.2, 0) is 6.54 Å². The molecule has 0 fully saturated rings. The van der Waals surface area contributed by atoms with Gasteiger partial charge in [-0.2, -0.15) is 0 Å². The highest BCUT2D eigenvalue weighted by Crippen LogP contribution is 2.26. The number of hydrogen-bond donors (Lipinski definition) is 3. The fourth-order valence-corrected chi connectivity index (χ4v) is 0.992. The highest BCUT2D eigenvalue weighted by Gasteiger charge is 2.32. The Bertz CT molecular complexity index is 413. The van der Waals surface area contributed by atoms with Crippen LogP contribution in [0.2, 0.25) is 0 Å². The van der Waals surface area contributed by atoms with Gasteiger partial charge in [-0.15, -0.1) is 13.2 Å². The highest BCUT2D eigenvalue weighted by atomic mass is 19.4. The molecule has 0 aliphatic rings. The van der Waals surface area contributed by atoms with Crippen molar-refractivity contribution in [2.75, 3.05) is 5.73 Å². The summed E-state index contributed by atoms with van der Waals surface area (Å²) in [6, 6.07) is 0. The van der Waals surface area contributed by atoms with Crippen LogP contribution in [0.3, 0.4) is 0 Å². The minimum Gasteiger partial charge on any atom is -0.404 e. The Morgan fingerprint density at radius 3 is 2.53 bits per heavy atom. The second-order valence-corrected chi connectivity index (χ2v) is 2.63. The van der Waals surface area contributed by atoms with Gasteiger partial charge in [0.05, 0.1) is 0 Å². The molecule has 0 spiro atoms. The molecule has 1 heterocycles. The zero-order chi connectivity index (χ0) is 11.6. The molecule has 0 aromatic carbocycles. The highest BCUT2D eigenvalue weighted by molar-refractivity contribution is 5.51. The fourth-order valence-electron chi connectivity index (χ4n) is 0.992. The number of halogens is 3. The average Bonchev–Trinajstić information content (AvgIpc) is 2.10. The standard InChI is InChI=1S/C7H8F3N3O2/c8-7(9,10)15-4-2-13-6(14)5(12)3(4)1-11/h2H,1,11-12H2,(H,13,14). The maximum absolute atomic E-state index is 11.9. The largest absolute Gasteiger partial charge is 0.573 e. The zero-order valence-electron chi connectivity index (χ0n) is 7.39. The van der Waals surface area contributed by atoms with E-state index >= 15 is 0 Å². The van der Waals surface area contributed by atoms with E-state index in [1.165, 1.54) is 0 Å². The van der Waals surface area contributed by atoms with Crippen LogP contribution in [0.15, 0.2) is 11.0 Å². The molecule has 0 atom stereocenters. The van der Waals surface area contributed by atoms with E-state index in [0.717, 1.165) is 6.20 Å². The van der Waals surface area contributed by atoms with Gasteiger partial charge < -0.3 is 21.2 Å². The van der Waals surface area contributed by atoms with E-state index in [2.05, 4.69) is 4.74 Å². The third kappa shape index (κ3) is 2.62. The maximum atomic E-state index is 11.9. The van der Waals surface area contributed by atoms with Crippen LogP contribution in [0.25, 0.3) is 0 Å². The first-order chi connectivity index (χ1) is 6.85. The van der Waals surface area contributed by atoms with Gasteiger partial charge in [-0.25, -0.2) is 0 Å². The summed E-state index contributed by atoms with van der Waals surface area (Å²) < 4.78 is 39.3. The molecule has 0 amide bonds. The van der Waals surface area contributed by atoms with Crippen molar-refractivity contribution in [3.63, 3.8) is 0 Å². The lowest BCUT2D eigenvalue weighted by Crippen LogP contribution is -2.22. The Morgan fingerprint density at radius 1 is 1.47 bits per heavy atom. The molecule has 84 valence electrons. The number of alkyl halides is 3. The predicted octanol–water partition coefficient (Wildman–Crippen LogP) is 0.314. The molecule has 5 nitrogen and oxygen atoms in total. The summed E-state index contributed by atoms with van der Waals surface area (Å²) in [4.78, 5) is 12.9. The molecule has 0 saturated carbocycles. The number of aromatic amines is 1. The van der Waals surface area contributed by atoms with Crippen molar-refractivity contribution in [2.24, 2.45) is 5.73 Å². The number of ether oxygens (including phenoxy) is 1. The van der Waals surface area contributed by atoms with Gasteiger partial charge in [0.15, 0.2) is 5.75 Å². The average molecular weight is 223 g/mol. The summed E-state index contributed by atoms with van der Waals surface area (Å²) in [6.45, 7) is -0.318.